The zero-order chi connectivity index (χ0) is 8.85. The lowest BCUT2D eigenvalue weighted by atomic mass is 10.3. The highest BCUT2D eigenvalue weighted by atomic mass is 16.3. The summed E-state index contributed by atoms with van der Waals surface area (Å²) in [5.74, 6) is 0. The van der Waals surface area contributed by atoms with E-state index in [1.165, 1.54) is 4.90 Å². The Hall–Kier alpha value is -0.770. The molecule has 0 aliphatic heterocycles. The molecule has 0 aromatic carbocycles. The Morgan fingerprint density at radius 1 is 1.64 bits per heavy atom. The fourth-order valence-corrected chi connectivity index (χ4v) is 0.546. The molecule has 0 saturated heterocycles. The number of aliphatic hydroxyl groups is 1. The van der Waals surface area contributed by atoms with Gasteiger partial charge in [-0.05, 0) is 13.3 Å². The first kappa shape index (κ1) is 10.2. The van der Waals surface area contributed by atoms with Crippen LogP contribution in [0.1, 0.15) is 13.3 Å². The summed E-state index contributed by atoms with van der Waals surface area (Å²) in [6, 6.07) is -0.120. The first-order valence-electron chi connectivity index (χ1n) is 3.67. The van der Waals surface area contributed by atoms with E-state index in [1.807, 2.05) is 0 Å². The van der Waals surface area contributed by atoms with Crippen molar-refractivity contribution in [3.8, 4) is 0 Å². The number of rotatable bonds is 3. The maximum atomic E-state index is 10.9. The van der Waals surface area contributed by atoms with Crippen molar-refractivity contribution in [1.82, 2.24) is 10.2 Å². The van der Waals surface area contributed by atoms with Gasteiger partial charge in [0.05, 0.1) is 6.10 Å². The van der Waals surface area contributed by atoms with E-state index in [0.717, 1.165) is 0 Å². The van der Waals surface area contributed by atoms with E-state index in [4.69, 9.17) is 5.11 Å². The predicted molar refractivity (Wildman–Crippen MR) is 43.4 cm³/mol. The van der Waals surface area contributed by atoms with Gasteiger partial charge in [-0.25, -0.2) is 4.79 Å². The molecule has 66 valence electrons. The molecule has 0 unspecified atom stereocenters. The maximum absolute atomic E-state index is 10.9. The van der Waals surface area contributed by atoms with Crippen molar-refractivity contribution in [1.29, 1.82) is 0 Å². The number of nitrogens with one attached hydrogen (secondary N) is 1. The van der Waals surface area contributed by atoms with Crippen molar-refractivity contribution >= 4 is 6.03 Å². The van der Waals surface area contributed by atoms with E-state index in [2.05, 4.69) is 5.32 Å². The smallest absolute Gasteiger partial charge is 0.316 e. The number of hydrogen-bond donors (Lipinski definition) is 2. The molecule has 11 heavy (non-hydrogen) atoms. The zero-order valence-corrected chi connectivity index (χ0v) is 7.29. The molecule has 4 nitrogen and oxygen atoms in total. The molecule has 0 heterocycles. The Labute approximate surface area is 67.2 Å². The average Bonchev–Trinajstić information content (AvgIpc) is 1.86. The van der Waals surface area contributed by atoms with Crippen LogP contribution in [0, 0.1) is 0 Å². The molecule has 4 heteroatoms. The first-order chi connectivity index (χ1) is 5.04. The minimum Gasteiger partial charge on any atom is -0.393 e. The Kier molecular flexibility index (Phi) is 4.61. The summed E-state index contributed by atoms with van der Waals surface area (Å²) in [7, 11) is 3.36. The number of hydrogen-bond acceptors (Lipinski definition) is 2. The molecule has 0 spiro atoms. The topological polar surface area (TPSA) is 52.6 Å². The number of carbonyl (C=O) groups is 1. The Balaban J connectivity index is 3.32. The summed E-state index contributed by atoms with van der Waals surface area (Å²) in [4.78, 5) is 12.3. The van der Waals surface area contributed by atoms with Crippen LogP contribution in [-0.2, 0) is 0 Å². The van der Waals surface area contributed by atoms with Gasteiger partial charge >= 0.3 is 6.03 Å². The van der Waals surface area contributed by atoms with Crippen LogP contribution < -0.4 is 5.32 Å². The maximum Gasteiger partial charge on any atom is 0.316 e. The van der Waals surface area contributed by atoms with Gasteiger partial charge in [0.2, 0.25) is 0 Å². The molecule has 0 rings (SSSR count). The molecule has 0 aliphatic rings. The fourth-order valence-electron chi connectivity index (χ4n) is 0.546. The number of aliphatic hydroxyl groups excluding tert-OH is 1. The molecule has 0 aromatic rings. The molecule has 0 aromatic heterocycles. The first-order valence-corrected chi connectivity index (χ1v) is 3.67. The molecule has 1 atom stereocenters. The van der Waals surface area contributed by atoms with Gasteiger partial charge in [-0.15, -0.1) is 0 Å². The van der Waals surface area contributed by atoms with Gasteiger partial charge < -0.3 is 15.3 Å². The van der Waals surface area contributed by atoms with Crippen molar-refractivity contribution < 1.29 is 9.90 Å². The van der Waals surface area contributed by atoms with Crippen LogP contribution in [0.2, 0.25) is 0 Å². The standard InChI is InChI=1S/C7H16N2O2/c1-6(10)4-5-8-7(11)9(2)3/h6,10H,4-5H2,1-3H3,(H,8,11)/t6-/m1/s1. The second-order valence-electron chi connectivity index (χ2n) is 2.76. The summed E-state index contributed by atoms with van der Waals surface area (Å²) in [6.07, 6.45) is 0.247. The third-order valence-corrected chi connectivity index (χ3v) is 1.24. The van der Waals surface area contributed by atoms with Gasteiger partial charge in [0.1, 0.15) is 0 Å². The van der Waals surface area contributed by atoms with E-state index in [-0.39, 0.29) is 12.1 Å². The van der Waals surface area contributed by atoms with Crippen molar-refractivity contribution in [3.05, 3.63) is 0 Å². The highest BCUT2D eigenvalue weighted by Crippen LogP contribution is 1.86. The molecule has 2 amide bonds. The van der Waals surface area contributed by atoms with Crippen LogP contribution in [0.25, 0.3) is 0 Å². The largest absolute Gasteiger partial charge is 0.393 e. The third kappa shape index (κ3) is 5.66. The summed E-state index contributed by atoms with van der Waals surface area (Å²) in [6.45, 7) is 2.22. The second kappa shape index (κ2) is 4.96. The van der Waals surface area contributed by atoms with E-state index >= 15 is 0 Å². The van der Waals surface area contributed by atoms with E-state index in [9.17, 15) is 4.79 Å². The molecule has 0 fully saturated rings. The minimum atomic E-state index is -0.350. The molecular weight excluding hydrogens is 144 g/mol. The van der Waals surface area contributed by atoms with Crippen LogP contribution in [0.3, 0.4) is 0 Å². The number of urea groups is 1. The fraction of sp³-hybridized carbons (Fsp3) is 0.857. The normalized spacial score (nSPS) is 12.4. The summed E-state index contributed by atoms with van der Waals surface area (Å²) >= 11 is 0. The third-order valence-electron chi connectivity index (χ3n) is 1.24. The van der Waals surface area contributed by atoms with E-state index < -0.39 is 0 Å². The van der Waals surface area contributed by atoms with Gasteiger partial charge in [-0.3, -0.25) is 0 Å². The molecule has 0 aliphatic carbocycles. The Bertz CT molecular complexity index is 124. The second-order valence-corrected chi connectivity index (χ2v) is 2.76. The van der Waals surface area contributed by atoms with Gasteiger partial charge in [0.15, 0.2) is 0 Å². The molecule has 2 N–H and O–H groups in total. The van der Waals surface area contributed by atoms with Crippen LogP contribution in [0.5, 0.6) is 0 Å². The van der Waals surface area contributed by atoms with Gasteiger partial charge in [0, 0.05) is 20.6 Å². The lowest BCUT2D eigenvalue weighted by molar-refractivity contribution is 0.181. The van der Waals surface area contributed by atoms with Crippen molar-refractivity contribution in [3.63, 3.8) is 0 Å². The molecule has 0 saturated carbocycles. The van der Waals surface area contributed by atoms with Gasteiger partial charge in [0.25, 0.3) is 0 Å². The summed E-state index contributed by atoms with van der Waals surface area (Å²) in [5.41, 5.74) is 0. The molecule has 0 radical (unpaired) electrons. The van der Waals surface area contributed by atoms with Crippen LogP contribution in [-0.4, -0.2) is 42.8 Å². The van der Waals surface area contributed by atoms with Crippen molar-refractivity contribution in [2.24, 2.45) is 0 Å². The van der Waals surface area contributed by atoms with Crippen LogP contribution >= 0.6 is 0 Å². The molecular formula is C7H16N2O2. The quantitative estimate of drug-likeness (QED) is 0.612. The van der Waals surface area contributed by atoms with Crippen LogP contribution in [0.4, 0.5) is 4.79 Å². The van der Waals surface area contributed by atoms with Gasteiger partial charge in [-0.1, -0.05) is 0 Å². The minimum absolute atomic E-state index is 0.120. The lowest BCUT2D eigenvalue weighted by Crippen LogP contribution is -2.35. The highest BCUT2D eigenvalue weighted by molar-refractivity contribution is 5.73. The summed E-state index contributed by atoms with van der Waals surface area (Å²) in [5, 5.41) is 11.5. The number of nitrogens with zero attached hydrogens (tertiary/aromatic N) is 1. The zero-order valence-electron chi connectivity index (χ0n) is 7.29. The van der Waals surface area contributed by atoms with Gasteiger partial charge in [-0.2, -0.15) is 0 Å². The average molecular weight is 160 g/mol. The highest BCUT2D eigenvalue weighted by Gasteiger charge is 2.01. The molecule has 0 bridgehead atoms. The SMILES string of the molecule is C[C@@H](O)CCNC(=O)N(C)C. The Morgan fingerprint density at radius 2 is 2.18 bits per heavy atom. The van der Waals surface area contributed by atoms with Crippen molar-refractivity contribution in [2.75, 3.05) is 20.6 Å². The monoisotopic (exact) mass is 160 g/mol. The van der Waals surface area contributed by atoms with Crippen LogP contribution in [0.15, 0.2) is 0 Å². The Morgan fingerprint density at radius 3 is 2.55 bits per heavy atom. The number of amides is 2. The van der Waals surface area contributed by atoms with Crippen molar-refractivity contribution in [2.45, 2.75) is 19.4 Å². The number of carbonyl (C=O) groups excluding carboxylic acids is 1. The van der Waals surface area contributed by atoms with E-state index in [0.29, 0.717) is 13.0 Å². The predicted octanol–water partition coefficient (Wildman–Crippen LogP) is 0.0285. The summed E-state index contributed by atoms with van der Waals surface area (Å²) < 4.78 is 0. The lowest BCUT2D eigenvalue weighted by Gasteiger charge is -2.12. The van der Waals surface area contributed by atoms with E-state index in [1.54, 1.807) is 21.0 Å².